The smallest absolute Gasteiger partial charge is 0.310 e. The van der Waals surface area contributed by atoms with Crippen molar-refractivity contribution < 1.29 is 9.90 Å². The van der Waals surface area contributed by atoms with Crippen molar-refractivity contribution in [2.45, 2.75) is 33.1 Å². The molecular weight excluding hydrogens is 212 g/mol. The molecule has 0 spiro atoms. The summed E-state index contributed by atoms with van der Waals surface area (Å²) in [5.41, 5.74) is 2.80. The summed E-state index contributed by atoms with van der Waals surface area (Å²) in [5.74, 6) is -1.25. The molecule has 2 nitrogen and oxygen atoms in total. The van der Waals surface area contributed by atoms with E-state index in [1.54, 1.807) is 6.07 Å². The van der Waals surface area contributed by atoms with Crippen LogP contribution in [0.1, 0.15) is 36.0 Å². The minimum absolute atomic E-state index is 0.455. The molecular formula is C12H15ClO2. The van der Waals surface area contributed by atoms with Gasteiger partial charge in [-0.2, -0.15) is 0 Å². The van der Waals surface area contributed by atoms with E-state index in [9.17, 15) is 4.79 Å². The number of aryl methyl sites for hydroxylation is 2. The van der Waals surface area contributed by atoms with Gasteiger partial charge in [0.05, 0.1) is 5.92 Å². The first-order valence-corrected chi connectivity index (χ1v) is 5.34. The average molecular weight is 227 g/mol. The molecule has 0 aliphatic carbocycles. The number of hydrogen-bond acceptors (Lipinski definition) is 1. The molecule has 0 saturated heterocycles. The van der Waals surface area contributed by atoms with Crippen LogP contribution in [0.15, 0.2) is 12.1 Å². The summed E-state index contributed by atoms with van der Waals surface area (Å²) in [6.45, 7) is 5.71. The van der Waals surface area contributed by atoms with Crippen LogP contribution in [0.2, 0.25) is 5.02 Å². The zero-order chi connectivity index (χ0) is 11.6. The van der Waals surface area contributed by atoms with Gasteiger partial charge in [-0.25, -0.2) is 0 Å². The van der Waals surface area contributed by atoms with E-state index in [1.165, 1.54) is 0 Å². The molecule has 0 saturated carbocycles. The highest BCUT2D eigenvalue weighted by atomic mass is 35.5. The molecule has 82 valence electrons. The average Bonchev–Trinajstić information content (AvgIpc) is 2.14. The second kappa shape index (κ2) is 4.67. The van der Waals surface area contributed by atoms with Gasteiger partial charge < -0.3 is 5.11 Å². The number of rotatable bonds is 3. The third kappa shape index (κ3) is 2.51. The van der Waals surface area contributed by atoms with Crippen LogP contribution in [-0.2, 0) is 4.79 Å². The van der Waals surface area contributed by atoms with Crippen molar-refractivity contribution in [3.05, 3.63) is 33.8 Å². The molecule has 1 aromatic carbocycles. The molecule has 1 aromatic rings. The molecule has 0 bridgehead atoms. The lowest BCUT2D eigenvalue weighted by molar-refractivity contribution is -0.138. The van der Waals surface area contributed by atoms with Crippen molar-refractivity contribution >= 4 is 17.6 Å². The number of halogens is 1. The molecule has 0 amide bonds. The first kappa shape index (κ1) is 12.1. The molecule has 1 N–H and O–H groups in total. The summed E-state index contributed by atoms with van der Waals surface area (Å²) in [7, 11) is 0. The van der Waals surface area contributed by atoms with E-state index < -0.39 is 11.9 Å². The van der Waals surface area contributed by atoms with Crippen molar-refractivity contribution in [1.82, 2.24) is 0 Å². The van der Waals surface area contributed by atoms with Gasteiger partial charge in [-0.1, -0.05) is 24.6 Å². The summed E-state index contributed by atoms with van der Waals surface area (Å²) in [5, 5.41) is 9.70. The molecule has 0 aliphatic heterocycles. The summed E-state index contributed by atoms with van der Waals surface area (Å²) in [6, 6.07) is 3.71. The highest BCUT2D eigenvalue weighted by Crippen LogP contribution is 2.28. The van der Waals surface area contributed by atoms with Crippen LogP contribution < -0.4 is 0 Å². The lowest BCUT2D eigenvalue weighted by Crippen LogP contribution is -2.12. The predicted octanol–water partition coefficient (Wildman–Crippen LogP) is 3.54. The standard InChI is InChI=1S/C12H15ClO2/c1-4-9(12(14)15)10-6-11(13)8(3)5-7(10)2/h5-6,9H,4H2,1-3H3,(H,14,15). The van der Waals surface area contributed by atoms with Gasteiger partial charge in [-0.05, 0) is 43.0 Å². The zero-order valence-corrected chi connectivity index (χ0v) is 9.93. The Labute approximate surface area is 94.9 Å². The Bertz CT molecular complexity index is 385. The van der Waals surface area contributed by atoms with Crippen LogP contribution in [0.4, 0.5) is 0 Å². The topological polar surface area (TPSA) is 37.3 Å². The van der Waals surface area contributed by atoms with Gasteiger partial charge in [0, 0.05) is 5.02 Å². The molecule has 0 radical (unpaired) electrons. The number of carboxylic acids is 1. The second-order valence-electron chi connectivity index (χ2n) is 3.76. The molecule has 15 heavy (non-hydrogen) atoms. The molecule has 0 aromatic heterocycles. The molecule has 1 rings (SSSR count). The Kier molecular flexibility index (Phi) is 3.75. The minimum atomic E-state index is -0.791. The van der Waals surface area contributed by atoms with Crippen LogP contribution >= 0.6 is 11.6 Å². The molecule has 0 aliphatic rings. The Hall–Kier alpha value is -1.02. The third-order valence-corrected chi connectivity index (χ3v) is 3.04. The fourth-order valence-corrected chi connectivity index (χ4v) is 1.92. The van der Waals surface area contributed by atoms with Crippen LogP contribution in [0.5, 0.6) is 0 Å². The number of carbonyl (C=O) groups is 1. The maximum atomic E-state index is 11.0. The SMILES string of the molecule is CCC(C(=O)O)c1cc(Cl)c(C)cc1C. The van der Waals surface area contributed by atoms with Crippen molar-refractivity contribution in [3.63, 3.8) is 0 Å². The number of carboxylic acid groups (broad SMARTS) is 1. The van der Waals surface area contributed by atoms with Crippen LogP contribution in [0.3, 0.4) is 0 Å². The monoisotopic (exact) mass is 226 g/mol. The fraction of sp³-hybridized carbons (Fsp3) is 0.417. The maximum absolute atomic E-state index is 11.0. The lowest BCUT2D eigenvalue weighted by Gasteiger charge is -2.14. The number of aliphatic carboxylic acids is 1. The van der Waals surface area contributed by atoms with Gasteiger partial charge >= 0.3 is 5.97 Å². The highest BCUT2D eigenvalue weighted by Gasteiger charge is 2.20. The van der Waals surface area contributed by atoms with Crippen LogP contribution in [0.25, 0.3) is 0 Å². The lowest BCUT2D eigenvalue weighted by atomic mass is 9.92. The van der Waals surface area contributed by atoms with E-state index >= 15 is 0 Å². The Morgan fingerprint density at radius 1 is 1.40 bits per heavy atom. The second-order valence-corrected chi connectivity index (χ2v) is 4.16. The molecule has 0 heterocycles. The van der Waals surface area contributed by atoms with E-state index in [4.69, 9.17) is 16.7 Å². The Morgan fingerprint density at radius 2 is 2.00 bits per heavy atom. The molecule has 0 fully saturated rings. The van der Waals surface area contributed by atoms with Crippen molar-refractivity contribution in [2.75, 3.05) is 0 Å². The van der Waals surface area contributed by atoms with Crippen molar-refractivity contribution in [1.29, 1.82) is 0 Å². The van der Waals surface area contributed by atoms with Gasteiger partial charge in [0.15, 0.2) is 0 Å². The molecule has 3 heteroatoms. The largest absolute Gasteiger partial charge is 0.481 e. The van der Waals surface area contributed by atoms with E-state index in [2.05, 4.69) is 0 Å². The Balaban J connectivity index is 3.24. The number of hydrogen-bond donors (Lipinski definition) is 1. The van der Waals surface area contributed by atoms with Gasteiger partial charge in [0.2, 0.25) is 0 Å². The van der Waals surface area contributed by atoms with Crippen molar-refractivity contribution in [3.8, 4) is 0 Å². The Morgan fingerprint density at radius 3 is 2.47 bits per heavy atom. The van der Waals surface area contributed by atoms with Crippen molar-refractivity contribution in [2.24, 2.45) is 0 Å². The predicted molar refractivity (Wildman–Crippen MR) is 61.6 cm³/mol. The highest BCUT2D eigenvalue weighted by molar-refractivity contribution is 6.31. The summed E-state index contributed by atoms with van der Waals surface area (Å²) >= 11 is 6.00. The van der Waals surface area contributed by atoms with Gasteiger partial charge in [0.1, 0.15) is 0 Å². The van der Waals surface area contributed by atoms with E-state index in [-0.39, 0.29) is 0 Å². The molecule has 1 unspecified atom stereocenters. The van der Waals surface area contributed by atoms with Gasteiger partial charge in [-0.3, -0.25) is 4.79 Å². The third-order valence-electron chi connectivity index (χ3n) is 2.63. The summed E-state index contributed by atoms with van der Waals surface area (Å²) in [4.78, 5) is 11.0. The number of benzene rings is 1. The molecule has 1 atom stereocenters. The summed E-state index contributed by atoms with van der Waals surface area (Å²) in [6.07, 6.45) is 0.579. The summed E-state index contributed by atoms with van der Waals surface area (Å²) < 4.78 is 0. The first-order valence-electron chi connectivity index (χ1n) is 4.96. The normalized spacial score (nSPS) is 12.5. The maximum Gasteiger partial charge on any atom is 0.310 e. The quantitative estimate of drug-likeness (QED) is 0.856. The van der Waals surface area contributed by atoms with Gasteiger partial charge in [0.25, 0.3) is 0 Å². The van der Waals surface area contributed by atoms with E-state index in [0.29, 0.717) is 11.4 Å². The van der Waals surface area contributed by atoms with E-state index in [0.717, 1.165) is 16.7 Å². The first-order chi connectivity index (χ1) is 6.97. The van der Waals surface area contributed by atoms with Crippen LogP contribution in [-0.4, -0.2) is 11.1 Å². The zero-order valence-electron chi connectivity index (χ0n) is 9.17. The fourth-order valence-electron chi connectivity index (χ4n) is 1.74. The van der Waals surface area contributed by atoms with E-state index in [1.807, 2.05) is 26.8 Å². The van der Waals surface area contributed by atoms with Gasteiger partial charge in [-0.15, -0.1) is 0 Å². The minimum Gasteiger partial charge on any atom is -0.481 e. The van der Waals surface area contributed by atoms with Crippen LogP contribution in [0, 0.1) is 13.8 Å².